The average molecular weight is 263 g/mol. The van der Waals surface area contributed by atoms with Crippen LogP contribution in [0.2, 0.25) is 0 Å². The summed E-state index contributed by atoms with van der Waals surface area (Å²) in [5.74, 6) is -1.07. The number of carboxylic acid groups (broad SMARTS) is 1. The van der Waals surface area contributed by atoms with E-state index in [9.17, 15) is 14.4 Å². The van der Waals surface area contributed by atoms with Crippen LogP contribution in [-0.2, 0) is 9.59 Å². The minimum atomic E-state index is -0.898. The monoisotopic (exact) mass is 263 g/mol. The largest absolute Gasteiger partial charge is 0.481 e. The Morgan fingerprint density at radius 1 is 1.11 bits per heavy atom. The molecule has 2 N–H and O–H groups in total. The topological polar surface area (TPSA) is 83.5 Å². The van der Waals surface area contributed by atoms with Gasteiger partial charge in [0.2, 0.25) is 5.91 Å². The highest BCUT2D eigenvalue weighted by atomic mass is 16.4. The molecular formula is C14H17NO4. The number of benzene rings is 1. The second-order valence-electron chi connectivity index (χ2n) is 4.15. The van der Waals surface area contributed by atoms with Gasteiger partial charge in [-0.2, -0.15) is 0 Å². The van der Waals surface area contributed by atoms with Crippen molar-refractivity contribution in [1.29, 1.82) is 0 Å². The summed E-state index contributed by atoms with van der Waals surface area (Å²) in [5, 5.41) is 11.2. The molecule has 0 aliphatic heterocycles. The van der Waals surface area contributed by atoms with Crippen LogP contribution in [0, 0.1) is 0 Å². The molecule has 0 radical (unpaired) electrons. The lowest BCUT2D eigenvalue weighted by atomic mass is 10.1. The van der Waals surface area contributed by atoms with Gasteiger partial charge in [0.1, 0.15) is 0 Å². The molecule has 0 saturated heterocycles. The van der Waals surface area contributed by atoms with Crippen molar-refractivity contribution in [3.8, 4) is 0 Å². The van der Waals surface area contributed by atoms with Crippen LogP contribution in [0.25, 0.3) is 0 Å². The Bertz CT molecular complexity index is 465. The van der Waals surface area contributed by atoms with E-state index in [2.05, 4.69) is 5.32 Å². The second kappa shape index (κ2) is 7.31. The van der Waals surface area contributed by atoms with E-state index >= 15 is 0 Å². The zero-order chi connectivity index (χ0) is 14.3. The van der Waals surface area contributed by atoms with Gasteiger partial charge >= 0.3 is 5.97 Å². The predicted molar refractivity (Wildman–Crippen MR) is 71.2 cm³/mol. The number of Topliss-reactive ketones (excluding diaryl/α,β-unsaturated/α-hetero) is 1. The highest BCUT2D eigenvalue weighted by Gasteiger charge is 2.07. The van der Waals surface area contributed by atoms with Gasteiger partial charge in [0.15, 0.2) is 5.78 Å². The molecule has 1 aromatic carbocycles. The number of hydrogen-bond donors (Lipinski definition) is 2. The van der Waals surface area contributed by atoms with E-state index in [1.807, 2.05) is 0 Å². The van der Waals surface area contributed by atoms with Gasteiger partial charge < -0.3 is 10.4 Å². The maximum Gasteiger partial charge on any atom is 0.303 e. The first kappa shape index (κ1) is 14.9. The Balaban J connectivity index is 2.53. The molecule has 1 amide bonds. The van der Waals surface area contributed by atoms with E-state index in [4.69, 9.17) is 5.11 Å². The van der Waals surface area contributed by atoms with Crippen molar-refractivity contribution in [3.05, 3.63) is 29.8 Å². The van der Waals surface area contributed by atoms with E-state index in [0.717, 1.165) is 0 Å². The maximum absolute atomic E-state index is 11.7. The van der Waals surface area contributed by atoms with Gasteiger partial charge in [-0.05, 0) is 30.7 Å². The molecule has 1 aromatic rings. The smallest absolute Gasteiger partial charge is 0.303 e. The minimum absolute atomic E-state index is 0.00359. The fourth-order valence-electron chi connectivity index (χ4n) is 1.53. The quantitative estimate of drug-likeness (QED) is 0.740. The molecule has 0 heterocycles. The first-order valence-corrected chi connectivity index (χ1v) is 6.18. The van der Waals surface area contributed by atoms with Crippen molar-refractivity contribution in [3.63, 3.8) is 0 Å². The third kappa shape index (κ3) is 5.33. The number of amides is 1. The van der Waals surface area contributed by atoms with E-state index in [1.54, 1.807) is 31.2 Å². The molecule has 5 heteroatoms. The zero-order valence-corrected chi connectivity index (χ0v) is 10.8. The fraction of sp³-hybridized carbons (Fsp3) is 0.357. The summed E-state index contributed by atoms with van der Waals surface area (Å²) < 4.78 is 0. The molecule has 0 aromatic heterocycles. The first-order chi connectivity index (χ1) is 9.02. The Kier molecular flexibility index (Phi) is 5.73. The number of carbonyl (C=O) groups excluding carboxylic acids is 2. The number of ketones is 1. The molecule has 0 aliphatic rings. The molecule has 1 rings (SSSR count). The van der Waals surface area contributed by atoms with Crippen molar-refractivity contribution in [1.82, 2.24) is 0 Å². The maximum atomic E-state index is 11.7. The van der Waals surface area contributed by atoms with E-state index in [0.29, 0.717) is 24.1 Å². The lowest BCUT2D eigenvalue weighted by Gasteiger charge is -2.05. The molecule has 19 heavy (non-hydrogen) atoms. The predicted octanol–water partition coefficient (Wildman–Crippen LogP) is 2.47. The van der Waals surface area contributed by atoms with E-state index in [1.165, 1.54) is 0 Å². The third-order valence-electron chi connectivity index (χ3n) is 2.61. The van der Waals surface area contributed by atoms with Crippen LogP contribution in [0.4, 0.5) is 5.69 Å². The van der Waals surface area contributed by atoms with Crippen LogP contribution in [0.3, 0.4) is 0 Å². The molecule has 0 unspecified atom stereocenters. The minimum Gasteiger partial charge on any atom is -0.481 e. The summed E-state index contributed by atoms with van der Waals surface area (Å²) in [6.45, 7) is 1.76. The molecule has 0 spiro atoms. The number of carbonyl (C=O) groups is 3. The SMILES string of the molecule is CCC(=O)Nc1ccc(C(=O)CCCC(=O)O)cc1. The zero-order valence-electron chi connectivity index (χ0n) is 10.8. The Morgan fingerprint density at radius 3 is 2.26 bits per heavy atom. The fourth-order valence-corrected chi connectivity index (χ4v) is 1.53. The summed E-state index contributed by atoms with van der Waals surface area (Å²) in [7, 11) is 0. The van der Waals surface area contributed by atoms with Gasteiger partial charge in [-0.3, -0.25) is 14.4 Å². The number of carboxylic acids is 1. The lowest BCUT2D eigenvalue weighted by Crippen LogP contribution is -2.09. The van der Waals surface area contributed by atoms with Crippen molar-refractivity contribution in [2.24, 2.45) is 0 Å². The van der Waals surface area contributed by atoms with Crippen LogP contribution in [0.15, 0.2) is 24.3 Å². The van der Waals surface area contributed by atoms with Gasteiger partial charge in [0.05, 0.1) is 0 Å². The Labute approximate surface area is 111 Å². The number of anilines is 1. The van der Waals surface area contributed by atoms with E-state index in [-0.39, 0.29) is 24.5 Å². The molecule has 0 bridgehead atoms. The van der Waals surface area contributed by atoms with Crippen LogP contribution in [0.1, 0.15) is 43.0 Å². The van der Waals surface area contributed by atoms with Gasteiger partial charge in [0.25, 0.3) is 0 Å². The summed E-state index contributed by atoms with van der Waals surface area (Å²) in [5.41, 5.74) is 1.17. The van der Waals surface area contributed by atoms with Crippen LogP contribution in [-0.4, -0.2) is 22.8 Å². The normalized spacial score (nSPS) is 9.95. The van der Waals surface area contributed by atoms with Gasteiger partial charge in [-0.1, -0.05) is 6.92 Å². The number of nitrogens with one attached hydrogen (secondary N) is 1. The lowest BCUT2D eigenvalue weighted by molar-refractivity contribution is -0.137. The van der Waals surface area contributed by atoms with Gasteiger partial charge in [-0.25, -0.2) is 0 Å². The standard InChI is InChI=1S/C14H17NO4/c1-2-13(17)15-11-8-6-10(7-9-11)12(16)4-3-5-14(18)19/h6-9H,2-5H2,1H3,(H,15,17)(H,18,19). The van der Waals surface area contributed by atoms with Crippen LogP contribution < -0.4 is 5.32 Å². The van der Waals surface area contributed by atoms with Crippen molar-refractivity contribution < 1.29 is 19.5 Å². The molecular weight excluding hydrogens is 246 g/mol. The molecule has 0 aliphatic carbocycles. The number of hydrogen-bond acceptors (Lipinski definition) is 3. The summed E-state index contributed by atoms with van der Waals surface area (Å²) in [6, 6.07) is 6.60. The van der Waals surface area contributed by atoms with Crippen molar-refractivity contribution in [2.45, 2.75) is 32.6 Å². The van der Waals surface area contributed by atoms with E-state index < -0.39 is 5.97 Å². The molecule has 102 valence electrons. The summed E-state index contributed by atoms with van der Waals surface area (Å²) in [6.07, 6.45) is 0.946. The van der Waals surface area contributed by atoms with Crippen molar-refractivity contribution in [2.75, 3.05) is 5.32 Å². The molecule has 0 saturated carbocycles. The van der Waals surface area contributed by atoms with Gasteiger partial charge in [-0.15, -0.1) is 0 Å². The third-order valence-corrected chi connectivity index (χ3v) is 2.61. The number of aliphatic carboxylic acids is 1. The van der Waals surface area contributed by atoms with Gasteiger partial charge in [0, 0.05) is 30.5 Å². The number of rotatable bonds is 7. The van der Waals surface area contributed by atoms with Crippen LogP contribution >= 0.6 is 0 Å². The summed E-state index contributed by atoms with van der Waals surface area (Å²) >= 11 is 0. The Hall–Kier alpha value is -2.17. The first-order valence-electron chi connectivity index (χ1n) is 6.18. The average Bonchev–Trinajstić information content (AvgIpc) is 2.38. The molecule has 0 atom stereocenters. The Morgan fingerprint density at radius 2 is 1.74 bits per heavy atom. The highest BCUT2D eigenvalue weighted by molar-refractivity contribution is 5.97. The molecule has 5 nitrogen and oxygen atoms in total. The second-order valence-corrected chi connectivity index (χ2v) is 4.15. The molecule has 0 fully saturated rings. The summed E-state index contributed by atoms with van der Waals surface area (Å²) in [4.78, 5) is 33.2. The highest BCUT2D eigenvalue weighted by Crippen LogP contribution is 2.12. The van der Waals surface area contributed by atoms with Crippen LogP contribution in [0.5, 0.6) is 0 Å². The van der Waals surface area contributed by atoms with Crippen molar-refractivity contribution >= 4 is 23.3 Å².